The van der Waals surface area contributed by atoms with Crippen LogP contribution in [0.2, 0.25) is 0 Å². The minimum Gasteiger partial charge on any atom is -0.477 e. The number of para-hydroxylation sites is 3. The molecule has 0 saturated carbocycles. The number of nitrogens with zero attached hydrogens (tertiary/aromatic N) is 2. The number of carboxylic acids is 1. The molecule has 6 heteroatoms. The standard InChI is InChI=1S/C26H20N2O3S/c1-17-20(15-24(25(29)30)32-26-27-21-12-6-8-14-23(21)31-26)19-11-5-7-13-22(19)28(17)16-18-9-3-2-4-10-18/h2-15H,16H2,1H3,(H,29,30)/b24-15-. The lowest BCUT2D eigenvalue weighted by Crippen LogP contribution is -2.02. The summed E-state index contributed by atoms with van der Waals surface area (Å²) in [5.74, 6) is -1.02. The predicted molar refractivity (Wildman–Crippen MR) is 128 cm³/mol. The largest absolute Gasteiger partial charge is 0.477 e. The van der Waals surface area contributed by atoms with E-state index < -0.39 is 5.97 Å². The number of aliphatic carboxylic acids is 1. The molecule has 0 spiro atoms. The van der Waals surface area contributed by atoms with Crippen LogP contribution in [0.1, 0.15) is 16.8 Å². The van der Waals surface area contributed by atoms with E-state index in [1.165, 1.54) is 5.56 Å². The maximum absolute atomic E-state index is 12.1. The number of hydrogen-bond acceptors (Lipinski definition) is 4. The van der Waals surface area contributed by atoms with Crippen molar-refractivity contribution in [3.63, 3.8) is 0 Å². The Morgan fingerprint density at radius 3 is 2.53 bits per heavy atom. The van der Waals surface area contributed by atoms with E-state index in [0.29, 0.717) is 22.9 Å². The molecule has 0 aliphatic heterocycles. The fourth-order valence-corrected chi connectivity index (χ4v) is 4.59. The van der Waals surface area contributed by atoms with E-state index in [0.717, 1.165) is 33.9 Å². The highest BCUT2D eigenvalue weighted by atomic mass is 32.2. The Labute approximate surface area is 189 Å². The van der Waals surface area contributed by atoms with Crippen LogP contribution >= 0.6 is 11.8 Å². The van der Waals surface area contributed by atoms with Crippen LogP contribution in [-0.4, -0.2) is 20.6 Å². The summed E-state index contributed by atoms with van der Waals surface area (Å²) in [4.78, 5) is 16.7. The molecule has 0 unspecified atom stereocenters. The van der Waals surface area contributed by atoms with Gasteiger partial charge in [-0.05, 0) is 48.5 Å². The molecular formula is C26H20N2O3S. The van der Waals surface area contributed by atoms with Crippen molar-refractivity contribution in [1.82, 2.24) is 9.55 Å². The van der Waals surface area contributed by atoms with E-state index in [4.69, 9.17) is 4.42 Å². The zero-order valence-corrected chi connectivity index (χ0v) is 18.2. The minimum absolute atomic E-state index is 0.155. The van der Waals surface area contributed by atoms with Gasteiger partial charge >= 0.3 is 5.97 Å². The van der Waals surface area contributed by atoms with Gasteiger partial charge in [0.25, 0.3) is 5.22 Å². The van der Waals surface area contributed by atoms with Gasteiger partial charge in [-0.25, -0.2) is 9.78 Å². The first kappa shape index (κ1) is 20.2. The van der Waals surface area contributed by atoms with E-state index in [1.54, 1.807) is 6.08 Å². The monoisotopic (exact) mass is 440 g/mol. The van der Waals surface area contributed by atoms with Crippen LogP contribution in [0.5, 0.6) is 0 Å². The maximum Gasteiger partial charge on any atom is 0.342 e. The zero-order valence-electron chi connectivity index (χ0n) is 17.4. The highest BCUT2D eigenvalue weighted by Crippen LogP contribution is 2.34. The van der Waals surface area contributed by atoms with E-state index in [-0.39, 0.29) is 4.91 Å². The third-order valence-electron chi connectivity index (χ3n) is 5.42. The topological polar surface area (TPSA) is 68.3 Å². The summed E-state index contributed by atoms with van der Waals surface area (Å²) in [6.45, 7) is 2.74. The van der Waals surface area contributed by atoms with Gasteiger partial charge in [0.1, 0.15) is 10.4 Å². The molecule has 0 radical (unpaired) electrons. The summed E-state index contributed by atoms with van der Waals surface area (Å²) in [5, 5.41) is 11.2. The quantitative estimate of drug-likeness (QED) is 0.246. The Hall–Kier alpha value is -3.77. The smallest absolute Gasteiger partial charge is 0.342 e. The molecule has 5 nitrogen and oxygen atoms in total. The van der Waals surface area contributed by atoms with Gasteiger partial charge in [-0.3, -0.25) is 0 Å². The number of fused-ring (bicyclic) bond motifs is 2. The van der Waals surface area contributed by atoms with Crippen molar-refractivity contribution < 1.29 is 14.3 Å². The maximum atomic E-state index is 12.1. The Morgan fingerprint density at radius 2 is 1.75 bits per heavy atom. The van der Waals surface area contributed by atoms with E-state index in [9.17, 15) is 9.90 Å². The molecule has 2 heterocycles. The number of hydrogen-bond donors (Lipinski definition) is 1. The molecular weight excluding hydrogens is 420 g/mol. The van der Waals surface area contributed by atoms with Gasteiger partial charge in [-0.15, -0.1) is 0 Å². The third kappa shape index (κ3) is 3.81. The molecule has 3 aromatic carbocycles. The molecule has 5 rings (SSSR count). The van der Waals surface area contributed by atoms with Crippen molar-refractivity contribution in [1.29, 1.82) is 0 Å². The molecule has 0 amide bonds. The van der Waals surface area contributed by atoms with Crippen molar-refractivity contribution in [2.75, 3.05) is 0 Å². The summed E-state index contributed by atoms with van der Waals surface area (Å²) in [7, 11) is 0. The lowest BCUT2D eigenvalue weighted by molar-refractivity contribution is -0.131. The molecule has 0 aliphatic rings. The minimum atomic E-state index is -1.02. The predicted octanol–water partition coefficient (Wildman–Crippen LogP) is 6.36. The van der Waals surface area contributed by atoms with Crippen molar-refractivity contribution in [2.45, 2.75) is 18.7 Å². The summed E-state index contributed by atoms with van der Waals surface area (Å²) in [6.07, 6.45) is 1.72. The average Bonchev–Trinajstić information content (AvgIpc) is 3.33. The van der Waals surface area contributed by atoms with E-state index in [2.05, 4.69) is 27.8 Å². The molecule has 158 valence electrons. The molecule has 0 saturated heterocycles. The van der Waals surface area contributed by atoms with Crippen LogP contribution in [0.25, 0.3) is 28.1 Å². The van der Waals surface area contributed by atoms with E-state index >= 15 is 0 Å². The van der Waals surface area contributed by atoms with Crippen molar-refractivity contribution in [2.24, 2.45) is 0 Å². The molecule has 5 aromatic rings. The number of carbonyl (C=O) groups is 1. The van der Waals surface area contributed by atoms with Crippen LogP contribution < -0.4 is 0 Å². The van der Waals surface area contributed by atoms with Crippen LogP contribution in [0.4, 0.5) is 0 Å². The highest BCUT2D eigenvalue weighted by molar-refractivity contribution is 8.03. The second-order valence-electron chi connectivity index (χ2n) is 7.45. The molecule has 0 aliphatic carbocycles. The van der Waals surface area contributed by atoms with Crippen molar-refractivity contribution in [3.05, 3.63) is 101 Å². The van der Waals surface area contributed by atoms with Gasteiger partial charge in [-0.1, -0.05) is 60.7 Å². The molecule has 0 fully saturated rings. The first-order chi connectivity index (χ1) is 15.6. The lowest BCUT2D eigenvalue weighted by atomic mass is 10.1. The number of rotatable bonds is 6. The molecule has 0 atom stereocenters. The first-order valence-corrected chi connectivity index (χ1v) is 11.0. The summed E-state index contributed by atoms with van der Waals surface area (Å²) < 4.78 is 7.95. The van der Waals surface area contributed by atoms with Crippen LogP contribution in [0.15, 0.2) is 93.4 Å². The molecule has 0 bridgehead atoms. The van der Waals surface area contributed by atoms with Gasteiger partial charge in [0, 0.05) is 28.7 Å². The fourth-order valence-electron chi connectivity index (χ4n) is 3.86. The highest BCUT2D eigenvalue weighted by Gasteiger charge is 2.18. The van der Waals surface area contributed by atoms with Gasteiger partial charge in [0.05, 0.1) is 0 Å². The third-order valence-corrected chi connectivity index (χ3v) is 6.28. The van der Waals surface area contributed by atoms with Crippen LogP contribution in [0.3, 0.4) is 0 Å². The van der Waals surface area contributed by atoms with Crippen molar-refractivity contribution in [3.8, 4) is 0 Å². The van der Waals surface area contributed by atoms with E-state index in [1.807, 2.05) is 67.6 Å². The normalized spacial score (nSPS) is 12.0. The average molecular weight is 441 g/mol. The Morgan fingerprint density at radius 1 is 1.03 bits per heavy atom. The molecule has 2 aromatic heterocycles. The number of carboxylic acid groups (broad SMARTS) is 1. The Bertz CT molecular complexity index is 1430. The summed E-state index contributed by atoms with van der Waals surface area (Å²) >= 11 is 1.02. The lowest BCUT2D eigenvalue weighted by Gasteiger charge is -2.08. The Balaban J connectivity index is 1.58. The molecule has 32 heavy (non-hydrogen) atoms. The van der Waals surface area contributed by atoms with Gasteiger partial charge in [0.15, 0.2) is 5.58 Å². The summed E-state index contributed by atoms with van der Waals surface area (Å²) in [6, 6.07) is 25.7. The van der Waals surface area contributed by atoms with Crippen molar-refractivity contribution >= 4 is 45.8 Å². The first-order valence-electron chi connectivity index (χ1n) is 10.2. The van der Waals surface area contributed by atoms with Crippen LogP contribution in [-0.2, 0) is 11.3 Å². The zero-order chi connectivity index (χ0) is 22.1. The van der Waals surface area contributed by atoms with Gasteiger partial charge < -0.3 is 14.1 Å². The van der Waals surface area contributed by atoms with Crippen LogP contribution in [0, 0.1) is 6.92 Å². The van der Waals surface area contributed by atoms with Gasteiger partial charge in [0.2, 0.25) is 0 Å². The summed E-state index contributed by atoms with van der Waals surface area (Å²) in [5.41, 5.74) is 5.48. The molecule has 1 N–H and O–H groups in total. The number of benzene rings is 3. The number of aromatic nitrogens is 2. The number of oxazole rings is 1. The second kappa shape index (κ2) is 8.40. The fraction of sp³-hybridized carbons (Fsp3) is 0.0769. The number of thioether (sulfide) groups is 1. The van der Waals surface area contributed by atoms with Gasteiger partial charge in [-0.2, -0.15) is 0 Å². The SMILES string of the molecule is Cc1c(/C=C(\Sc2nc3ccccc3o2)C(=O)O)c2ccccc2n1Cc1ccccc1. The second-order valence-corrected chi connectivity index (χ2v) is 8.44. The Kier molecular flexibility index (Phi) is 5.29.